The van der Waals surface area contributed by atoms with E-state index in [-0.39, 0.29) is 17.4 Å². The monoisotopic (exact) mass is 274 g/mol. The number of carbonyl (C=O) groups is 1. The molecular weight excluding hydrogens is 248 g/mol. The predicted octanol–water partition coefficient (Wildman–Crippen LogP) is 2.60. The maximum absolute atomic E-state index is 12.4. The molecular formula is C17H26N2O. The lowest BCUT2D eigenvalue weighted by Gasteiger charge is -2.39. The number of hydrogen-bond donors (Lipinski definition) is 1. The number of nitrogens with zero attached hydrogens (tertiary/aromatic N) is 1. The minimum absolute atomic E-state index is 0.119. The number of hydrogen-bond acceptors (Lipinski definition) is 2. The molecule has 1 atom stereocenters. The van der Waals surface area contributed by atoms with E-state index in [1.165, 1.54) is 12.0 Å². The van der Waals surface area contributed by atoms with Gasteiger partial charge < -0.3 is 10.6 Å². The molecule has 3 heteroatoms. The van der Waals surface area contributed by atoms with Crippen LogP contribution in [0.2, 0.25) is 0 Å². The fraction of sp³-hybridized carbons (Fsp3) is 0.588. The van der Waals surface area contributed by atoms with E-state index in [4.69, 9.17) is 5.73 Å². The number of rotatable bonds is 4. The highest BCUT2D eigenvalue weighted by atomic mass is 16.2. The Hall–Kier alpha value is -1.35. The van der Waals surface area contributed by atoms with Crippen LogP contribution in [-0.4, -0.2) is 29.9 Å². The van der Waals surface area contributed by atoms with Crippen LogP contribution in [0.5, 0.6) is 0 Å². The summed E-state index contributed by atoms with van der Waals surface area (Å²) in [5, 5.41) is 0. The molecule has 0 aliphatic carbocycles. The van der Waals surface area contributed by atoms with Gasteiger partial charge in [0, 0.05) is 13.1 Å². The zero-order valence-corrected chi connectivity index (χ0v) is 12.6. The molecule has 1 amide bonds. The zero-order chi connectivity index (χ0) is 14.6. The number of nitrogens with two attached hydrogens (primary N) is 1. The molecule has 1 aliphatic rings. The largest absolute Gasteiger partial charge is 0.341 e. The Kier molecular flexibility index (Phi) is 4.81. The second-order valence-electron chi connectivity index (χ2n) is 6.66. The summed E-state index contributed by atoms with van der Waals surface area (Å²) in [6, 6.07) is 9.85. The molecule has 0 saturated carbocycles. The summed E-state index contributed by atoms with van der Waals surface area (Å²) < 4.78 is 0. The van der Waals surface area contributed by atoms with Gasteiger partial charge in [0.1, 0.15) is 0 Å². The van der Waals surface area contributed by atoms with Crippen molar-refractivity contribution in [3.63, 3.8) is 0 Å². The van der Waals surface area contributed by atoms with Crippen molar-refractivity contribution in [2.45, 2.75) is 45.6 Å². The fourth-order valence-corrected chi connectivity index (χ4v) is 2.94. The van der Waals surface area contributed by atoms with Crippen LogP contribution in [0, 0.1) is 5.41 Å². The van der Waals surface area contributed by atoms with Crippen LogP contribution in [0.4, 0.5) is 0 Å². The third kappa shape index (κ3) is 4.07. The third-order valence-electron chi connectivity index (χ3n) is 4.12. The van der Waals surface area contributed by atoms with Crippen molar-refractivity contribution in [2.24, 2.45) is 11.1 Å². The zero-order valence-electron chi connectivity index (χ0n) is 12.6. The summed E-state index contributed by atoms with van der Waals surface area (Å²) in [6.07, 6.45) is 3.87. The van der Waals surface area contributed by atoms with Crippen molar-refractivity contribution >= 4 is 5.91 Å². The third-order valence-corrected chi connectivity index (χ3v) is 4.12. The minimum atomic E-state index is -0.371. The van der Waals surface area contributed by atoms with E-state index in [0.29, 0.717) is 0 Å². The van der Waals surface area contributed by atoms with Gasteiger partial charge in [0.2, 0.25) is 5.91 Å². The molecule has 2 N–H and O–H groups in total. The molecule has 1 fully saturated rings. The van der Waals surface area contributed by atoms with Crippen molar-refractivity contribution in [3.05, 3.63) is 35.9 Å². The first-order chi connectivity index (χ1) is 9.48. The van der Waals surface area contributed by atoms with Crippen LogP contribution in [0.15, 0.2) is 30.3 Å². The first-order valence-electron chi connectivity index (χ1n) is 7.56. The van der Waals surface area contributed by atoms with Gasteiger partial charge in [0.25, 0.3) is 0 Å². The molecule has 2 rings (SSSR count). The van der Waals surface area contributed by atoms with Gasteiger partial charge in [-0.05, 0) is 36.7 Å². The van der Waals surface area contributed by atoms with E-state index in [1.54, 1.807) is 0 Å². The lowest BCUT2D eigenvalue weighted by molar-refractivity contribution is -0.135. The summed E-state index contributed by atoms with van der Waals surface area (Å²) >= 11 is 0. The molecule has 1 aromatic carbocycles. The molecule has 0 bridgehead atoms. The van der Waals surface area contributed by atoms with E-state index in [0.717, 1.165) is 32.4 Å². The van der Waals surface area contributed by atoms with Gasteiger partial charge in [-0.15, -0.1) is 0 Å². The maximum Gasteiger partial charge on any atom is 0.239 e. The number of amides is 1. The van der Waals surface area contributed by atoms with Crippen LogP contribution >= 0.6 is 0 Å². The minimum Gasteiger partial charge on any atom is -0.341 e. The molecule has 1 aromatic rings. The number of likely N-dealkylation sites (tertiary alicyclic amines) is 1. The van der Waals surface area contributed by atoms with Gasteiger partial charge >= 0.3 is 0 Å². The average Bonchev–Trinajstić information content (AvgIpc) is 2.44. The van der Waals surface area contributed by atoms with Crippen LogP contribution in [0.1, 0.15) is 38.7 Å². The Labute approximate surface area is 122 Å². The number of benzene rings is 1. The van der Waals surface area contributed by atoms with Gasteiger partial charge in [0.15, 0.2) is 0 Å². The van der Waals surface area contributed by atoms with Crippen molar-refractivity contribution in [1.82, 2.24) is 4.90 Å². The highest BCUT2D eigenvalue weighted by Crippen LogP contribution is 2.28. The quantitative estimate of drug-likeness (QED) is 0.917. The number of carbonyl (C=O) groups excluding carboxylic acids is 1. The van der Waals surface area contributed by atoms with Crippen LogP contribution < -0.4 is 5.73 Å². The van der Waals surface area contributed by atoms with Crippen LogP contribution in [0.3, 0.4) is 0 Å². The SMILES string of the molecule is CC1(C)CCCN(C(=O)[C@@H](N)CCc2ccccc2)C1. The van der Waals surface area contributed by atoms with E-state index < -0.39 is 0 Å². The number of aryl methyl sites for hydroxylation is 1. The van der Waals surface area contributed by atoms with Crippen LogP contribution in [-0.2, 0) is 11.2 Å². The molecule has 0 spiro atoms. The molecule has 3 nitrogen and oxygen atoms in total. The Bertz CT molecular complexity index is 442. The van der Waals surface area contributed by atoms with Crippen molar-refractivity contribution in [2.75, 3.05) is 13.1 Å². The summed E-state index contributed by atoms with van der Waals surface area (Å²) in [7, 11) is 0. The Morgan fingerprint density at radius 3 is 2.70 bits per heavy atom. The maximum atomic E-state index is 12.4. The Morgan fingerprint density at radius 2 is 2.05 bits per heavy atom. The van der Waals surface area contributed by atoms with Gasteiger partial charge in [-0.25, -0.2) is 0 Å². The van der Waals surface area contributed by atoms with Gasteiger partial charge in [-0.2, -0.15) is 0 Å². The topological polar surface area (TPSA) is 46.3 Å². The van der Waals surface area contributed by atoms with Gasteiger partial charge in [-0.1, -0.05) is 44.2 Å². The second kappa shape index (κ2) is 6.40. The van der Waals surface area contributed by atoms with E-state index in [2.05, 4.69) is 26.0 Å². The van der Waals surface area contributed by atoms with Crippen molar-refractivity contribution < 1.29 is 4.79 Å². The first-order valence-corrected chi connectivity index (χ1v) is 7.56. The molecule has 1 saturated heterocycles. The highest BCUT2D eigenvalue weighted by Gasteiger charge is 2.31. The van der Waals surface area contributed by atoms with E-state index in [9.17, 15) is 4.79 Å². The van der Waals surface area contributed by atoms with Gasteiger partial charge in [0.05, 0.1) is 6.04 Å². The molecule has 0 radical (unpaired) electrons. The second-order valence-corrected chi connectivity index (χ2v) is 6.66. The summed E-state index contributed by atoms with van der Waals surface area (Å²) in [4.78, 5) is 14.4. The van der Waals surface area contributed by atoms with E-state index in [1.807, 2.05) is 23.1 Å². The van der Waals surface area contributed by atoms with Crippen LogP contribution in [0.25, 0.3) is 0 Å². The highest BCUT2D eigenvalue weighted by molar-refractivity contribution is 5.81. The Balaban J connectivity index is 1.85. The predicted molar refractivity (Wildman–Crippen MR) is 82.3 cm³/mol. The van der Waals surface area contributed by atoms with E-state index >= 15 is 0 Å². The average molecular weight is 274 g/mol. The molecule has 1 aliphatic heterocycles. The molecule has 20 heavy (non-hydrogen) atoms. The standard InChI is InChI=1S/C17H26N2O/c1-17(2)11-6-12-19(13-17)16(20)15(18)10-9-14-7-4-3-5-8-14/h3-5,7-8,15H,6,9-13,18H2,1-2H3/t15-/m0/s1. The number of piperidine rings is 1. The summed E-state index contributed by atoms with van der Waals surface area (Å²) in [5.41, 5.74) is 7.57. The fourth-order valence-electron chi connectivity index (χ4n) is 2.94. The molecule has 0 aromatic heterocycles. The Morgan fingerprint density at radius 1 is 1.35 bits per heavy atom. The summed E-state index contributed by atoms with van der Waals surface area (Å²) in [6.45, 7) is 6.15. The normalized spacial score (nSPS) is 19.6. The molecule has 110 valence electrons. The molecule has 0 unspecified atom stereocenters. The van der Waals surface area contributed by atoms with Crippen molar-refractivity contribution in [1.29, 1.82) is 0 Å². The molecule has 1 heterocycles. The lowest BCUT2D eigenvalue weighted by Crippen LogP contribution is -2.50. The summed E-state index contributed by atoms with van der Waals surface area (Å²) in [5.74, 6) is 0.119. The van der Waals surface area contributed by atoms with Crippen molar-refractivity contribution in [3.8, 4) is 0 Å². The van der Waals surface area contributed by atoms with Gasteiger partial charge in [-0.3, -0.25) is 4.79 Å². The first kappa shape index (κ1) is 15.0. The smallest absolute Gasteiger partial charge is 0.239 e. The lowest BCUT2D eigenvalue weighted by atomic mass is 9.84.